The summed E-state index contributed by atoms with van der Waals surface area (Å²) in [5, 5.41) is 8.46. The third kappa shape index (κ3) is 3.71. The van der Waals surface area contributed by atoms with E-state index >= 15 is 4.39 Å². The van der Waals surface area contributed by atoms with E-state index in [1.54, 1.807) is 11.0 Å². The Bertz CT molecular complexity index is 672. The van der Waals surface area contributed by atoms with Gasteiger partial charge in [-0.1, -0.05) is 24.9 Å². The lowest BCUT2D eigenvalue weighted by atomic mass is 9.94. The molecule has 8 heteroatoms. The highest BCUT2D eigenvalue weighted by Crippen LogP contribution is 2.43. The molecule has 1 amide bonds. The molecule has 0 spiro atoms. The number of hydrogen-bond donors (Lipinski definition) is 0. The molecule has 27 heavy (non-hydrogen) atoms. The first-order chi connectivity index (χ1) is 13.1. The number of carbonyl (C=O) groups is 1. The molecule has 3 aliphatic rings. The predicted octanol–water partition coefficient (Wildman–Crippen LogP) is 3.98. The van der Waals surface area contributed by atoms with Crippen molar-refractivity contribution in [1.29, 1.82) is 0 Å². The Balaban J connectivity index is 1.51. The van der Waals surface area contributed by atoms with Crippen LogP contribution >= 0.6 is 11.6 Å². The van der Waals surface area contributed by atoms with E-state index in [-0.39, 0.29) is 18.2 Å². The van der Waals surface area contributed by atoms with Gasteiger partial charge < -0.3 is 9.64 Å². The fourth-order valence-corrected chi connectivity index (χ4v) is 4.58. The molecule has 1 saturated carbocycles. The molecule has 0 unspecified atom stereocenters. The molecule has 148 valence electrons. The molecular weight excluding hydrogens is 371 g/mol. The van der Waals surface area contributed by atoms with Crippen molar-refractivity contribution < 1.29 is 13.9 Å². The van der Waals surface area contributed by atoms with Gasteiger partial charge in [0.05, 0.1) is 18.7 Å². The van der Waals surface area contributed by atoms with Crippen LogP contribution in [0.3, 0.4) is 0 Å². The van der Waals surface area contributed by atoms with Crippen LogP contribution in [0.2, 0.25) is 5.15 Å². The Hall–Kier alpha value is -1.63. The second-order valence-electron chi connectivity index (χ2n) is 7.77. The van der Waals surface area contributed by atoms with Crippen molar-refractivity contribution in [2.24, 2.45) is 0 Å². The number of fused-ring (bicyclic) bond motifs is 2. The highest BCUT2D eigenvalue weighted by Gasteiger charge is 2.53. The van der Waals surface area contributed by atoms with Crippen molar-refractivity contribution in [3.8, 4) is 0 Å². The van der Waals surface area contributed by atoms with Crippen molar-refractivity contribution in [3.63, 3.8) is 0 Å². The number of anilines is 1. The Morgan fingerprint density at radius 3 is 2.81 bits per heavy atom. The number of halogens is 2. The molecule has 6 nitrogen and oxygen atoms in total. The van der Waals surface area contributed by atoms with Gasteiger partial charge >= 0.3 is 6.09 Å². The number of nitrogens with zero attached hydrogens (tertiary/aromatic N) is 4. The minimum atomic E-state index is -1.12. The van der Waals surface area contributed by atoms with Crippen LogP contribution in [0.15, 0.2) is 12.1 Å². The van der Waals surface area contributed by atoms with Gasteiger partial charge in [0.15, 0.2) is 11.0 Å². The van der Waals surface area contributed by atoms with Crippen molar-refractivity contribution in [2.75, 3.05) is 11.5 Å². The Kier molecular flexibility index (Phi) is 5.39. The number of ether oxygens (including phenoxy) is 1. The van der Waals surface area contributed by atoms with Gasteiger partial charge in [-0.3, -0.25) is 4.90 Å². The number of unbranched alkanes of at least 4 members (excludes halogenated alkanes) is 1. The van der Waals surface area contributed by atoms with Crippen LogP contribution in [-0.2, 0) is 4.74 Å². The lowest BCUT2D eigenvalue weighted by Crippen LogP contribution is -2.60. The van der Waals surface area contributed by atoms with Crippen LogP contribution in [0.5, 0.6) is 0 Å². The molecule has 3 fully saturated rings. The molecule has 2 bridgehead atoms. The molecule has 3 heterocycles. The van der Waals surface area contributed by atoms with Crippen LogP contribution in [0.1, 0.15) is 51.9 Å². The topological polar surface area (TPSA) is 58.6 Å². The highest BCUT2D eigenvalue weighted by atomic mass is 35.5. The summed E-state index contributed by atoms with van der Waals surface area (Å²) in [5.74, 6) is 0.674. The van der Waals surface area contributed by atoms with Crippen LogP contribution in [0, 0.1) is 0 Å². The molecule has 2 saturated heterocycles. The highest BCUT2D eigenvalue weighted by molar-refractivity contribution is 6.29. The zero-order chi connectivity index (χ0) is 19.0. The second-order valence-corrected chi connectivity index (χ2v) is 8.16. The first-order valence-corrected chi connectivity index (χ1v) is 10.3. The van der Waals surface area contributed by atoms with Gasteiger partial charge in [-0.05, 0) is 50.7 Å². The number of carbonyl (C=O) groups excluding carboxylic acids is 1. The molecule has 0 radical (unpaired) electrons. The maximum absolute atomic E-state index is 15.6. The smallest absolute Gasteiger partial charge is 0.410 e. The molecule has 0 N–H and O–H groups in total. The predicted molar refractivity (Wildman–Crippen MR) is 101 cm³/mol. The Morgan fingerprint density at radius 2 is 2.15 bits per heavy atom. The lowest BCUT2D eigenvalue weighted by Gasteiger charge is -2.45. The summed E-state index contributed by atoms with van der Waals surface area (Å²) in [5.41, 5.74) is 0. The van der Waals surface area contributed by atoms with Crippen LogP contribution in [-0.4, -0.2) is 58.1 Å². The van der Waals surface area contributed by atoms with E-state index in [9.17, 15) is 4.79 Å². The van der Waals surface area contributed by atoms with Gasteiger partial charge in [0.1, 0.15) is 6.17 Å². The summed E-state index contributed by atoms with van der Waals surface area (Å²) < 4.78 is 21.0. The molecular formula is C19H26ClFN4O2. The minimum Gasteiger partial charge on any atom is -0.449 e. The fraction of sp³-hybridized carbons (Fsp3) is 0.737. The van der Waals surface area contributed by atoms with Crippen molar-refractivity contribution in [2.45, 2.75) is 82.2 Å². The van der Waals surface area contributed by atoms with E-state index in [4.69, 9.17) is 16.3 Å². The number of hydrogen-bond acceptors (Lipinski definition) is 5. The normalized spacial score (nSPS) is 29.7. The average molecular weight is 397 g/mol. The number of piperidine rings is 1. The monoisotopic (exact) mass is 396 g/mol. The van der Waals surface area contributed by atoms with Crippen molar-refractivity contribution >= 4 is 23.5 Å². The quantitative estimate of drug-likeness (QED) is 0.681. The first kappa shape index (κ1) is 18.7. The molecule has 0 aromatic carbocycles. The lowest BCUT2D eigenvalue weighted by molar-refractivity contribution is 0.0295. The van der Waals surface area contributed by atoms with Crippen molar-refractivity contribution in [3.05, 3.63) is 17.3 Å². The van der Waals surface area contributed by atoms with Gasteiger partial charge in [0, 0.05) is 12.1 Å². The maximum atomic E-state index is 15.6. The summed E-state index contributed by atoms with van der Waals surface area (Å²) >= 11 is 5.86. The third-order valence-electron chi connectivity index (χ3n) is 5.91. The van der Waals surface area contributed by atoms with Crippen LogP contribution in [0.25, 0.3) is 0 Å². The van der Waals surface area contributed by atoms with Crippen molar-refractivity contribution in [1.82, 2.24) is 15.1 Å². The molecule has 4 rings (SSSR count). The zero-order valence-electron chi connectivity index (χ0n) is 15.6. The summed E-state index contributed by atoms with van der Waals surface area (Å²) in [4.78, 5) is 16.2. The minimum absolute atomic E-state index is 0.0302. The molecule has 1 aromatic heterocycles. The summed E-state index contributed by atoms with van der Waals surface area (Å²) in [6.45, 7) is 2.45. The molecule has 2 aliphatic heterocycles. The largest absolute Gasteiger partial charge is 0.449 e. The SMILES string of the molecule is CCCCOC(=O)N1[C@@H]2CC[C@H]1[C@H](F)[C@H](N(c1ccc(Cl)nn1)C1CC1)C2. The van der Waals surface area contributed by atoms with Gasteiger partial charge in [0.2, 0.25) is 0 Å². The molecule has 4 atom stereocenters. The van der Waals surface area contributed by atoms with E-state index < -0.39 is 12.2 Å². The average Bonchev–Trinajstić information content (AvgIpc) is 3.43. The van der Waals surface area contributed by atoms with Gasteiger partial charge in [-0.15, -0.1) is 10.2 Å². The summed E-state index contributed by atoms with van der Waals surface area (Å²) in [6.07, 6.45) is 4.50. The van der Waals surface area contributed by atoms with Crippen LogP contribution in [0.4, 0.5) is 15.0 Å². The standard InChI is InChI=1S/C19H26ClFN4O2/c1-2-3-10-27-19(26)25-13-6-7-14(25)18(21)15(11-13)24(12-4-5-12)17-9-8-16(20)22-23-17/h8-9,12-15,18H,2-7,10-11H2,1H3/t13-,14+,15-,18+/m1/s1. The van der Waals surface area contributed by atoms with E-state index in [2.05, 4.69) is 15.1 Å². The summed E-state index contributed by atoms with van der Waals surface area (Å²) in [7, 11) is 0. The first-order valence-electron chi connectivity index (χ1n) is 9.97. The van der Waals surface area contributed by atoms with E-state index in [0.717, 1.165) is 32.1 Å². The van der Waals surface area contributed by atoms with Crippen LogP contribution < -0.4 is 4.90 Å². The van der Waals surface area contributed by atoms with E-state index in [0.29, 0.717) is 36.5 Å². The molecule has 1 aliphatic carbocycles. The number of rotatable bonds is 6. The maximum Gasteiger partial charge on any atom is 0.410 e. The van der Waals surface area contributed by atoms with E-state index in [1.165, 1.54) is 0 Å². The van der Waals surface area contributed by atoms with Gasteiger partial charge in [0.25, 0.3) is 0 Å². The van der Waals surface area contributed by atoms with Gasteiger partial charge in [-0.2, -0.15) is 0 Å². The zero-order valence-corrected chi connectivity index (χ0v) is 16.3. The fourth-order valence-electron chi connectivity index (χ4n) is 4.48. The van der Waals surface area contributed by atoms with E-state index in [1.807, 2.05) is 13.0 Å². The number of alkyl halides is 1. The molecule has 1 aromatic rings. The second kappa shape index (κ2) is 7.78. The van der Waals surface area contributed by atoms with Gasteiger partial charge in [-0.25, -0.2) is 9.18 Å². The Labute approximate surface area is 164 Å². The number of amides is 1. The summed E-state index contributed by atoms with van der Waals surface area (Å²) in [6, 6.07) is 3.14. The third-order valence-corrected chi connectivity index (χ3v) is 6.11. The Morgan fingerprint density at radius 1 is 1.33 bits per heavy atom. The number of aromatic nitrogens is 2.